The Morgan fingerprint density at radius 2 is 2.05 bits per heavy atom. The van der Waals surface area contributed by atoms with E-state index < -0.39 is 0 Å². The van der Waals surface area contributed by atoms with Crippen LogP contribution in [0.5, 0.6) is 5.75 Å². The van der Waals surface area contributed by atoms with Gasteiger partial charge in [-0.25, -0.2) is 4.79 Å². The largest absolute Gasteiger partial charge is 0.497 e. The highest BCUT2D eigenvalue weighted by molar-refractivity contribution is 7.08. The van der Waals surface area contributed by atoms with E-state index in [0.717, 1.165) is 29.3 Å². The zero-order valence-corrected chi connectivity index (χ0v) is 12.4. The highest BCUT2D eigenvalue weighted by atomic mass is 32.1. The zero-order chi connectivity index (χ0) is 14.5. The molecule has 2 aromatic rings. The summed E-state index contributed by atoms with van der Waals surface area (Å²) in [5, 5.41) is 4.02. The first-order chi connectivity index (χ1) is 9.65. The maximum absolute atomic E-state index is 12.1. The maximum atomic E-state index is 12.1. The molecule has 5 nitrogen and oxygen atoms in total. The number of ether oxygens (including phenoxy) is 2. The third kappa shape index (κ3) is 3.14. The number of hydrogen-bond donors (Lipinski definition) is 0. The van der Waals surface area contributed by atoms with Gasteiger partial charge in [-0.1, -0.05) is 11.4 Å². The van der Waals surface area contributed by atoms with Crippen LogP contribution in [0, 0.1) is 0 Å². The molecule has 0 aliphatic heterocycles. The Kier molecular flexibility index (Phi) is 4.68. The average Bonchev–Trinajstić information content (AvgIpc) is 2.96. The van der Waals surface area contributed by atoms with Crippen molar-refractivity contribution < 1.29 is 14.3 Å². The first kappa shape index (κ1) is 14.5. The summed E-state index contributed by atoms with van der Waals surface area (Å²) in [5.41, 5.74) is 1.36. The fourth-order valence-corrected chi connectivity index (χ4v) is 2.15. The molecule has 0 saturated heterocycles. The van der Waals surface area contributed by atoms with Crippen molar-refractivity contribution in [1.29, 1.82) is 0 Å². The minimum absolute atomic E-state index is 0.117. The molecule has 2 rings (SSSR count). The second kappa shape index (κ2) is 6.47. The molecule has 0 spiro atoms. The Bertz CT molecular complexity index is 580. The molecule has 1 heterocycles. The molecule has 0 aliphatic rings. The van der Waals surface area contributed by atoms with E-state index in [9.17, 15) is 4.79 Å². The monoisotopic (exact) mass is 292 g/mol. The van der Waals surface area contributed by atoms with Gasteiger partial charge in [0.15, 0.2) is 4.88 Å². The summed E-state index contributed by atoms with van der Waals surface area (Å²) in [6.45, 7) is 3.83. The van der Waals surface area contributed by atoms with Gasteiger partial charge in [0.25, 0.3) is 0 Å². The molecule has 0 radical (unpaired) electrons. The topological polar surface area (TPSA) is 61.3 Å². The van der Waals surface area contributed by atoms with Gasteiger partial charge in [-0.3, -0.25) is 0 Å². The molecular weight excluding hydrogens is 276 g/mol. The van der Waals surface area contributed by atoms with Gasteiger partial charge in [0.1, 0.15) is 11.4 Å². The van der Waals surface area contributed by atoms with Crippen LogP contribution in [0.25, 0.3) is 11.3 Å². The van der Waals surface area contributed by atoms with Gasteiger partial charge in [-0.2, -0.15) is 0 Å². The zero-order valence-electron chi connectivity index (χ0n) is 11.6. The lowest BCUT2D eigenvalue weighted by Gasteiger charge is -2.10. The van der Waals surface area contributed by atoms with Crippen LogP contribution >= 0.6 is 11.5 Å². The number of rotatable bonds is 5. The normalized spacial score (nSPS) is 11.9. The highest BCUT2D eigenvalue weighted by Crippen LogP contribution is 2.26. The molecule has 1 atom stereocenters. The van der Waals surface area contributed by atoms with Crippen LogP contribution in [0.15, 0.2) is 24.3 Å². The number of nitrogens with zero attached hydrogens (tertiary/aromatic N) is 2. The Hall–Kier alpha value is -1.95. The number of aromatic nitrogens is 2. The van der Waals surface area contributed by atoms with Gasteiger partial charge in [-0.15, -0.1) is 5.10 Å². The molecule has 0 bridgehead atoms. The second-order valence-corrected chi connectivity index (χ2v) is 5.06. The molecule has 0 unspecified atom stereocenters. The number of methoxy groups -OCH3 is 1. The number of carbonyl (C=O) groups is 1. The molecule has 20 heavy (non-hydrogen) atoms. The fourth-order valence-electron chi connectivity index (χ4n) is 1.58. The highest BCUT2D eigenvalue weighted by Gasteiger charge is 2.20. The van der Waals surface area contributed by atoms with Crippen LogP contribution < -0.4 is 4.74 Å². The molecule has 0 fully saturated rings. The number of esters is 1. The Labute approximate surface area is 121 Å². The van der Waals surface area contributed by atoms with Crippen LogP contribution in [0.3, 0.4) is 0 Å². The summed E-state index contributed by atoms with van der Waals surface area (Å²) in [6, 6.07) is 7.32. The van der Waals surface area contributed by atoms with E-state index in [1.165, 1.54) is 0 Å². The van der Waals surface area contributed by atoms with E-state index in [1.54, 1.807) is 7.11 Å². The van der Waals surface area contributed by atoms with Crippen molar-refractivity contribution in [2.45, 2.75) is 26.4 Å². The van der Waals surface area contributed by atoms with Crippen LogP contribution in [0.2, 0.25) is 0 Å². The van der Waals surface area contributed by atoms with E-state index in [0.29, 0.717) is 10.6 Å². The van der Waals surface area contributed by atoms with E-state index in [-0.39, 0.29) is 12.1 Å². The van der Waals surface area contributed by atoms with Gasteiger partial charge in [0, 0.05) is 5.56 Å². The smallest absolute Gasteiger partial charge is 0.352 e. The van der Waals surface area contributed by atoms with Crippen LogP contribution in [0.4, 0.5) is 0 Å². The van der Waals surface area contributed by atoms with Crippen molar-refractivity contribution >= 4 is 17.5 Å². The Morgan fingerprint density at radius 1 is 1.35 bits per heavy atom. The Balaban J connectivity index is 2.25. The second-order valence-electron chi connectivity index (χ2n) is 4.30. The lowest BCUT2D eigenvalue weighted by atomic mass is 10.1. The van der Waals surface area contributed by atoms with Crippen molar-refractivity contribution in [3.8, 4) is 17.0 Å². The van der Waals surface area contributed by atoms with Crippen LogP contribution in [-0.2, 0) is 4.74 Å². The van der Waals surface area contributed by atoms with E-state index in [2.05, 4.69) is 9.59 Å². The number of carbonyl (C=O) groups excluding carboxylic acids is 1. The van der Waals surface area contributed by atoms with Gasteiger partial charge in [0.05, 0.1) is 13.2 Å². The number of benzene rings is 1. The summed E-state index contributed by atoms with van der Waals surface area (Å²) in [6.07, 6.45) is 0.656. The third-order valence-corrected chi connectivity index (χ3v) is 3.63. The SMILES string of the molecule is CC[C@@H](C)OC(=O)c1snnc1-c1ccc(OC)cc1. The molecular formula is C14H16N2O3S. The minimum Gasteiger partial charge on any atom is -0.497 e. The predicted molar refractivity (Wildman–Crippen MR) is 77.1 cm³/mol. The molecule has 0 saturated carbocycles. The summed E-state index contributed by atoms with van der Waals surface area (Å²) in [4.78, 5) is 12.5. The van der Waals surface area contributed by atoms with E-state index in [4.69, 9.17) is 9.47 Å². The first-order valence-corrected chi connectivity index (χ1v) is 7.10. The average molecular weight is 292 g/mol. The van der Waals surface area contributed by atoms with Gasteiger partial charge < -0.3 is 9.47 Å². The molecule has 106 valence electrons. The van der Waals surface area contributed by atoms with Gasteiger partial charge >= 0.3 is 5.97 Å². The lowest BCUT2D eigenvalue weighted by molar-refractivity contribution is 0.0341. The van der Waals surface area contributed by atoms with Crippen molar-refractivity contribution in [3.63, 3.8) is 0 Å². The molecule has 0 N–H and O–H groups in total. The van der Waals surface area contributed by atoms with Crippen molar-refractivity contribution in [2.24, 2.45) is 0 Å². The summed E-state index contributed by atoms with van der Waals surface area (Å²) >= 11 is 1.05. The molecule has 1 aromatic heterocycles. The summed E-state index contributed by atoms with van der Waals surface area (Å²) < 4.78 is 14.3. The van der Waals surface area contributed by atoms with Gasteiger partial charge in [-0.05, 0) is 49.1 Å². The maximum Gasteiger partial charge on any atom is 0.352 e. The van der Waals surface area contributed by atoms with Gasteiger partial charge in [0.2, 0.25) is 0 Å². The molecule has 0 aliphatic carbocycles. The van der Waals surface area contributed by atoms with Crippen molar-refractivity contribution in [3.05, 3.63) is 29.1 Å². The lowest BCUT2D eigenvalue weighted by Crippen LogP contribution is -2.13. The fraction of sp³-hybridized carbons (Fsp3) is 0.357. The molecule has 0 amide bonds. The van der Waals surface area contributed by atoms with Crippen molar-refractivity contribution in [1.82, 2.24) is 9.59 Å². The predicted octanol–water partition coefficient (Wildman–Crippen LogP) is 3.17. The van der Waals surface area contributed by atoms with Crippen LogP contribution in [0.1, 0.15) is 29.9 Å². The third-order valence-electron chi connectivity index (χ3n) is 2.92. The van der Waals surface area contributed by atoms with Crippen molar-refractivity contribution in [2.75, 3.05) is 7.11 Å². The van der Waals surface area contributed by atoms with E-state index >= 15 is 0 Å². The Morgan fingerprint density at radius 3 is 2.65 bits per heavy atom. The quantitative estimate of drug-likeness (QED) is 0.792. The molecule has 1 aromatic carbocycles. The van der Waals surface area contributed by atoms with Crippen LogP contribution in [-0.4, -0.2) is 28.8 Å². The standard InChI is InChI=1S/C14H16N2O3S/c1-4-9(2)19-14(17)13-12(15-16-20-13)10-5-7-11(18-3)8-6-10/h5-9H,4H2,1-3H3/t9-/m1/s1. The number of hydrogen-bond acceptors (Lipinski definition) is 6. The molecule has 6 heteroatoms. The summed E-state index contributed by atoms with van der Waals surface area (Å²) in [7, 11) is 1.61. The summed E-state index contributed by atoms with van der Waals surface area (Å²) in [5.74, 6) is 0.376. The first-order valence-electron chi connectivity index (χ1n) is 6.33. The van der Waals surface area contributed by atoms with E-state index in [1.807, 2.05) is 38.1 Å². The minimum atomic E-state index is -0.375.